The molecule has 3 aromatic heterocycles. The maximum absolute atomic E-state index is 15.7. The predicted octanol–water partition coefficient (Wildman–Crippen LogP) is -3.07. The molecule has 0 unspecified atom stereocenters. The topological polar surface area (TPSA) is 643 Å². The van der Waals surface area contributed by atoms with Crippen molar-refractivity contribution in [1.82, 2.24) is 97.6 Å². The second-order valence-electron chi connectivity index (χ2n) is 33.9. The Kier molecular flexibility index (Phi) is 39.1. The number of carbonyl (C=O) groups is 18. The number of aliphatic hydroxyl groups is 2. The molecule has 5 heterocycles. The van der Waals surface area contributed by atoms with Crippen LogP contribution in [-0.4, -0.2) is 316 Å². The molecule has 0 radical (unpaired) electrons. The fourth-order valence-corrected chi connectivity index (χ4v) is 16.5. The number of likely N-dealkylation sites (N-methyl/N-ethyl adjacent to an activating group) is 4. The van der Waals surface area contributed by atoms with E-state index in [2.05, 4.69) is 73.1 Å². The molecule has 6 aromatic rings. The van der Waals surface area contributed by atoms with Crippen LogP contribution in [0, 0.1) is 5.92 Å². The molecule has 722 valence electrons. The van der Waals surface area contributed by atoms with Crippen molar-refractivity contribution >= 4 is 140 Å². The van der Waals surface area contributed by atoms with E-state index in [1.54, 1.807) is 74.8 Å². The molecule has 43 nitrogen and oxygen atoms in total. The third-order valence-electron chi connectivity index (χ3n) is 23.5. The van der Waals surface area contributed by atoms with Gasteiger partial charge in [0.25, 0.3) is 0 Å². The zero-order valence-corrected chi connectivity index (χ0v) is 76.9. The number of hydrogen-bond donors (Lipinski definition) is 19. The van der Waals surface area contributed by atoms with Gasteiger partial charge in [-0.3, -0.25) is 86.3 Å². The Morgan fingerprint density at radius 2 is 1.02 bits per heavy atom. The molecule has 0 aliphatic carbocycles. The number of aromatic nitrogens is 4. The molecule has 18 amide bonds. The number of phenols is 1. The van der Waals surface area contributed by atoms with Crippen LogP contribution in [0.3, 0.4) is 0 Å². The van der Waals surface area contributed by atoms with Crippen LogP contribution in [0.2, 0.25) is 0 Å². The molecule has 22 N–H and O–H groups in total. The van der Waals surface area contributed by atoms with Gasteiger partial charge < -0.3 is 125 Å². The van der Waals surface area contributed by atoms with Gasteiger partial charge in [-0.25, -0.2) is 4.98 Å². The Hall–Kier alpha value is -13.5. The van der Waals surface area contributed by atoms with Gasteiger partial charge in [0.05, 0.1) is 37.8 Å². The van der Waals surface area contributed by atoms with Crippen molar-refractivity contribution in [2.45, 2.75) is 229 Å². The van der Waals surface area contributed by atoms with E-state index in [1.165, 1.54) is 76.7 Å². The number of primary amides is 3. The number of benzene rings is 3. The molecule has 44 heteroatoms. The largest absolute Gasteiger partial charge is 0.508 e. The van der Waals surface area contributed by atoms with Gasteiger partial charge >= 0.3 is 0 Å². The lowest BCUT2D eigenvalue weighted by atomic mass is 9.99. The molecule has 2 fully saturated rings. The monoisotopic (exact) mass is 1870 g/mol. The van der Waals surface area contributed by atoms with Crippen molar-refractivity contribution in [2.75, 3.05) is 59.4 Å². The van der Waals surface area contributed by atoms with Crippen LogP contribution >= 0.6 is 11.8 Å². The number of para-hydroxylation sites is 2. The number of H-pyrrole nitrogens is 3. The lowest BCUT2D eigenvalue weighted by Gasteiger charge is -2.36. The molecule has 0 spiro atoms. The Morgan fingerprint density at radius 1 is 0.519 bits per heavy atom. The molecule has 15 atom stereocenters. The highest BCUT2D eigenvalue weighted by Crippen LogP contribution is 2.27. The lowest BCUT2D eigenvalue weighted by Crippen LogP contribution is -2.62. The summed E-state index contributed by atoms with van der Waals surface area (Å²) in [5, 5.41) is 60.0. The van der Waals surface area contributed by atoms with Crippen LogP contribution in [0.5, 0.6) is 5.75 Å². The highest BCUT2D eigenvalue weighted by atomic mass is 32.2. The summed E-state index contributed by atoms with van der Waals surface area (Å²) in [5.74, 6) is -19.2. The van der Waals surface area contributed by atoms with Crippen molar-refractivity contribution < 1.29 is 102 Å². The first kappa shape index (κ1) is 105. The summed E-state index contributed by atoms with van der Waals surface area (Å²) < 4.78 is 0. The van der Waals surface area contributed by atoms with E-state index in [0.717, 1.165) is 38.4 Å². The van der Waals surface area contributed by atoms with Gasteiger partial charge in [0.1, 0.15) is 90.3 Å². The molecule has 0 saturated carbocycles. The number of nitrogens with one attached hydrogen (secondary N) is 13. The highest BCUT2D eigenvalue weighted by molar-refractivity contribution is 8.00. The number of amides is 18. The molecule has 0 bridgehead atoms. The van der Waals surface area contributed by atoms with E-state index in [-0.39, 0.29) is 55.9 Å². The van der Waals surface area contributed by atoms with Crippen molar-refractivity contribution in [2.24, 2.45) is 23.1 Å². The minimum Gasteiger partial charge on any atom is -0.508 e. The molecule has 2 saturated heterocycles. The zero-order chi connectivity index (χ0) is 97.8. The molecule has 2 aliphatic rings. The fourth-order valence-electron chi connectivity index (χ4n) is 15.7. The molecule has 8 rings (SSSR count). The first-order valence-corrected chi connectivity index (χ1v) is 45.2. The van der Waals surface area contributed by atoms with Gasteiger partial charge in [-0.05, 0) is 86.4 Å². The van der Waals surface area contributed by atoms with Gasteiger partial charge in [-0.1, -0.05) is 102 Å². The second-order valence-corrected chi connectivity index (χ2v) is 35.0. The number of unbranched alkanes of at least 4 members (excludes halogenated alkanes) is 2. The number of aromatic amines is 3. The summed E-state index contributed by atoms with van der Waals surface area (Å²) in [6, 6.07) is -3.11. The van der Waals surface area contributed by atoms with Gasteiger partial charge in [0, 0.05) is 125 Å². The number of nitrogens with two attached hydrogens (primary N) is 3. The van der Waals surface area contributed by atoms with E-state index >= 15 is 33.6 Å². The first-order chi connectivity index (χ1) is 63.1. The number of imidazole rings is 1. The van der Waals surface area contributed by atoms with E-state index in [0.29, 0.717) is 64.2 Å². The van der Waals surface area contributed by atoms with Crippen LogP contribution in [-0.2, 0) is 112 Å². The smallest absolute Gasteiger partial charge is 0.246 e. The van der Waals surface area contributed by atoms with E-state index in [1.807, 2.05) is 13.8 Å². The van der Waals surface area contributed by atoms with Crippen LogP contribution in [0.15, 0.2) is 97.7 Å². The number of rotatable bonds is 25. The van der Waals surface area contributed by atoms with Gasteiger partial charge in [-0.2, -0.15) is 0 Å². The summed E-state index contributed by atoms with van der Waals surface area (Å²) >= 11 is 0.778. The van der Waals surface area contributed by atoms with Crippen LogP contribution < -0.4 is 70.4 Å². The minimum atomic E-state index is -1.92. The summed E-state index contributed by atoms with van der Waals surface area (Å²) in [5.41, 5.74) is 19.5. The van der Waals surface area contributed by atoms with Crippen LogP contribution in [0.4, 0.5) is 0 Å². The Morgan fingerprint density at radius 3 is 1.57 bits per heavy atom. The number of hydrogen-bond acceptors (Lipinski definition) is 23. The number of carbonyl (C=O) groups excluding carboxylic acids is 18. The Balaban J connectivity index is 1.20. The number of nitrogens with zero attached hydrogens (tertiary/aromatic N) is 6. The number of fused-ring (bicyclic) bond motifs is 3. The molecule has 2 aliphatic heterocycles. The van der Waals surface area contributed by atoms with Crippen LogP contribution in [0.1, 0.15) is 135 Å². The summed E-state index contributed by atoms with van der Waals surface area (Å²) in [6.45, 7) is 7.25. The third-order valence-corrected chi connectivity index (χ3v) is 24.5. The maximum atomic E-state index is 15.7. The fraction of sp³-hybridized carbons (Fsp3) is 0.517. The van der Waals surface area contributed by atoms with Gasteiger partial charge in [-0.15, -0.1) is 11.8 Å². The highest BCUT2D eigenvalue weighted by Gasteiger charge is 2.46. The normalized spacial score (nSPS) is 24.6. The van der Waals surface area contributed by atoms with E-state index < -0.39 is 260 Å². The molecule has 3 aromatic carbocycles. The Labute approximate surface area is 772 Å². The van der Waals surface area contributed by atoms with E-state index in [9.17, 15) is 68.1 Å². The summed E-state index contributed by atoms with van der Waals surface area (Å²) in [6.07, 6.45) is 2.14. The lowest BCUT2D eigenvalue weighted by molar-refractivity contribution is -0.149. The molecular formula is C89H124N22O21S. The Bertz CT molecular complexity index is 5140. The molecule has 133 heavy (non-hydrogen) atoms. The quantitative estimate of drug-likeness (QED) is 0.0270. The van der Waals surface area contributed by atoms with E-state index in [4.69, 9.17) is 17.2 Å². The first-order valence-electron chi connectivity index (χ1n) is 44.1. The van der Waals surface area contributed by atoms with Crippen LogP contribution in [0.25, 0.3) is 21.8 Å². The predicted molar refractivity (Wildman–Crippen MR) is 487 cm³/mol. The summed E-state index contributed by atoms with van der Waals surface area (Å²) in [7, 11) is 5.02. The minimum absolute atomic E-state index is 0.000608. The third kappa shape index (κ3) is 29.5. The number of aromatic hydroxyl groups is 1. The van der Waals surface area contributed by atoms with Gasteiger partial charge in [0.15, 0.2) is 0 Å². The average molecular weight is 1870 g/mol. The van der Waals surface area contributed by atoms with Crippen molar-refractivity contribution in [3.8, 4) is 5.75 Å². The average Bonchev–Trinajstić information content (AvgIpc) is 1.75. The number of thioether (sulfide) groups is 1. The molecular weight excluding hydrogens is 1750 g/mol. The van der Waals surface area contributed by atoms with Crippen molar-refractivity contribution in [3.05, 3.63) is 120 Å². The summed E-state index contributed by atoms with van der Waals surface area (Å²) in [4.78, 5) is 279. The SMILES string of the molecule is CCCC[C@H]1C(=O)N(C)[C@@H](CCCC)C(=O)N[C@@H](CC(C)C)C(=O)N[C@H](C(=O)NCC(N)=O)CSCC(=O)N[C@@H](Cc2ccc(O)cc2)C(=O)N(C)[C@@H](C)C(=O)N[C@@H](CC(N)=O)C(=O)N(C)[C@@H](C)C(=O)N[C@@H](Cc2cnc[nH]2)C(=O)N[C@@H](CCC(N)=O)C(=O)N2C[C@H](O)C[C@H]2C(=O)N[C@@H](Cc2c[nH]c3ccccc23)C(=O)N[C@@H](CO)C(=O)N[C@@H](Cc2c[nH]c3ccccc23)C(=O)N1C. The number of aliphatic hydroxyl groups excluding tert-OH is 2. The zero-order valence-electron chi connectivity index (χ0n) is 76.1. The standard InChI is InChI=1S/C89H124N22O21S/c1-11-13-23-69-83(126)101-61(31-47(3)4)79(122)106-68(78(121)96-41-74(92)117)44-133-45-75(118)98-64(32-50-25-27-54(113)28-26-50)85(128)107(7)49(6)77(120)103-66(37-73(91)116)86(129)108(8)48(5)76(119)100-63(35-53-40-93-46-97-53)81(124)99-60(29-30-72(90)115)88(131)111-42-55(114)36-71(111)84(127)102-62(33-51-38-94-58-21-17-15-19-56(51)58)80(123)105-67(43-112)82(125)104-65(34-52-39-95-59-22-18-16-20-57(52)59)87(130)110(10)70(24-14-12-2)89(132)109(69)9/h15-22,25-28,38-40,46-49,55,60-71,94-95,112-114H,11-14,23-24,29-37,41-45H2,1-10H3,(H2,90,115)(H2,91,116)(H2,92,117)(H,93,97)(H,96,121)(H,98,118)(H,99,124)(H,100,119)(H,101,126)(H,102,127)(H,103,120)(H,104,125)(H,105,123)(H,106,122)/t48-,49-,55+,60-,61-,62-,63-,64-,65-,66-,67-,68-,69-,70-,71-/m0/s1. The second kappa shape index (κ2) is 49.6. The van der Waals surface area contributed by atoms with Gasteiger partial charge in [0.2, 0.25) is 106 Å². The van der Waals surface area contributed by atoms with Crippen molar-refractivity contribution in [1.29, 1.82) is 0 Å². The maximum Gasteiger partial charge on any atom is 0.246 e. The number of phenolic OH excluding ortho intramolecular Hbond substituents is 1. The van der Waals surface area contributed by atoms with Crippen molar-refractivity contribution in [3.63, 3.8) is 0 Å².